The summed E-state index contributed by atoms with van der Waals surface area (Å²) in [6.07, 6.45) is 2.58. The first kappa shape index (κ1) is 12.0. The molecule has 1 fully saturated rings. The minimum atomic E-state index is 0.120. The van der Waals surface area contributed by atoms with Crippen LogP contribution in [0.4, 0.5) is 0 Å². The first-order valence-corrected chi connectivity index (χ1v) is 5.41. The number of hydrogen-bond donors (Lipinski definition) is 1. The summed E-state index contributed by atoms with van der Waals surface area (Å²) in [6.45, 7) is 6.02. The molecule has 2 amide bonds. The first-order chi connectivity index (χ1) is 7.19. The maximum Gasteiger partial charge on any atom is 0.221 e. The van der Waals surface area contributed by atoms with Gasteiger partial charge in [-0.25, -0.2) is 5.01 Å². The molecule has 1 atom stereocenters. The van der Waals surface area contributed by atoms with Gasteiger partial charge in [0.05, 0.1) is 0 Å². The van der Waals surface area contributed by atoms with Gasteiger partial charge in [-0.3, -0.25) is 15.0 Å². The molecule has 15 heavy (non-hydrogen) atoms. The summed E-state index contributed by atoms with van der Waals surface area (Å²) in [7, 11) is 0. The van der Waals surface area contributed by atoms with E-state index in [4.69, 9.17) is 0 Å². The zero-order valence-corrected chi connectivity index (χ0v) is 9.40. The topological polar surface area (TPSA) is 52.7 Å². The largest absolute Gasteiger partial charge is 0.339 e. The molecule has 0 saturated carbocycles. The van der Waals surface area contributed by atoms with E-state index >= 15 is 0 Å². The lowest BCUT2D eigenvalue weighted by molar-refractivity contribution is -0.131. The zero-order valence-electron chi connectivity index (χ0n) is 9.40. The summed E-state index contributed by atoms with van der Waals surface area (Å²) in [5, 5.41) is 1.85. The number of carbonyl (C=O) groups is 2. The number of hydrazine groups is 1. The molecule has 86 valence electrons. The molecule has 1 aliphatic heterocycles. The normalized spacial score (nSPS) is 21.3. The van der Waals surface area contributed by atoms with Crippen molar-refractivity contribution < 1.29 is 9.59 Å². The van der Waals surface area contributed by atoms with Gasteiger partial charge in [0.25, 0.3) is 0 Å². The molecule has 0 radical (unpaired) electrons. The molecule has 1 unspecified atom stereocenters. The quantitative estimate of drug-likeness (QED) is 0.653. The standard InChI is InChI=1S/C10H19N3O2/c1-3-5-13(9(2)15)10-4-6-12(7-10)11-8-14/h8,10H,3-7H2,1-2H3,(H,11,14). The zero-order chi connectivity index (χ0) is 11.3. The Labute approximate surface area is 90.4 Å². The van der Waals surface area contributed by atoms with Gasteiger partial charge in [-0.1, -0.05) is 6.92 Å². The first-order valence-electron chi connectivity index (χ1n) is 5.41. The Hall–Kier alpha value is -1.10. The fraction of sp³-hybridized carbons (Fsp3) is 0.800. The highest BCUT2D eigenvalue weighted by atomic mass is 16.2. The lowest BCUT2D eigenvalue weighted by Gasteiger charge is -2.27. The maximum absolute atomic E-state index is 11.4. The molecule has 1 N–H and O–H groups in total. The third-order valence-corrected chi connectivity index (χ3v) is 2.71. The highest BCUT2D eigenvalue weighted by molar-refractivity contribution is 5.73. The Kier molecular flexibility index (Phi) is 4.55. The number of carbonyl (C=O) groups excluding carboxylic acids is 2. The van der Waals surface area contributed by atoms with Gasteiger partial charge in [-0.05, 0) is 12.8 Å². The number of nitrogens with one attached hydrogen (secondary N) is 1. The summed E-state index contributed by atoms with van der Waals surface area (Å²) in [6, 6.07) is 0.245. The highest BCUT2D eigenvalue weighted by Gasteiger charge is 2.28. The molecule has 1 rings (SSSR count). The van der Waals surface area contributed by atoms with Gasteiger partial charge in [-0.2, -0.15) is 0 Å². The van der Waals surface area contributed by atoms with Crippen LogP contribution in [0.1, 0.15) is 26.7 Å². The van der Waals surface area contributed by atoms with Gasteiger partial charge < -0.3 is 4.90 Å². The van der Waals surface area contributed by atoms with Crippen molar-refractivity contribution in [2.45, 2.75) is 32.7 Å². The Morgan fingerprint density at radius 3 is 2.93 bits per heavy atom. The lowest BCUT2D eigenvalue weighted by Crippen LogP contribution is -2.43. The second-order valence-electron chi connectivity index (χ2n) is 3.85. The monoisotopic (exact) mass is 213 g/mol. The second kappa shape index (κ2) is 5.70. The molecule has 1 aliphatic rings. The summed E-state index contributed by atoms with van der Waals surface area (Å²) in [4.78, 5) is 23.6. The summed E-state index contributed by atoms with van der Waals surface area (Å²) < 4.78 is 0. The number of hydrogen-bond acceptors (Lipinski definition) is 3. The van der Waals surface area contributed by atoms with Crippen molar-refractivity contribution in [2.75, 3.05) is 19.6 Å². The molecule has 0 aliphatic carbocycles. The van der Waals surface area contributed by atoms with Crippen LogP contribution in [0.25, 0.3) is 0 Å². The fourth-order valence-electron chi connectivity index (χ4n) is 2.03. The van der Waals surface area contributed by atoms with E-state index in [1.807, 2.05) is 9.91 Å². The predicted molar refractivity (Wildman–Crippen MR) is 56.9 cm³/mol. The van der Waals surface area contributed by atoms with Crippen molar-refractivity contribution >= 4 is 12.3 Å². The Bertz CT molecular complexity index is 233. The van der Waals surface area contributed by atoms with Gasteiger partial charge in [0.2, 0.25) is 12.3 Å². The SMILES string of the molecule is CCCN(C(C)=O)C1CCN(NC=O)C1. The minimum absolute atomic E-state index is 0.120. The van der Waals surface area contributed by atoms with Crippen LogP contribution in [0.15, 0.2) is 0 Å². The van der Waals surface area contributed by atoms with Crippen molar-refractivity contribution in [1.29, 1.82) is 0 Å². The molecule has 0 bridgehead atoms. The Morgan fingerprint density at radius 2 is 2.40 bits per heavy atom. The number of amides is 2. The van der Waals surface area contributed by atoms with Crippen molar-refractivity contribution in [3.05, 3.63) is 0 Å². The van der Waals surface area contributed by atoms with Gasteiger partial charge in [-0.15, -0.1) is 0 Å². The van der Waals surface area contributed by atoms with Crippen LogP contribution >= 0.6 is 0 Å². The van der Waals surface area contributed by atoms with Crippen molar-refractivity contribution in [3.8, 4) is 0 Å². The van der Waals surface area contributed by atoms with E-state index in [1.165, 1.54) is 0 Å². The second-order valence-corrected chi connectivity index (χ2v) is 3.85. The van der Waals surface area contributed by atoms with E-state index in [2.05, 4.69) is 12.3 Å². The van der Waals surface area contributed by atoms with Crippen LogP contribution in [0.2, 0.25) is 0 Å². The van der Waals surface area contributed by atoms with Crippen LogP contribution in [-0.4, -0.2) is 47.9 Å². The Balaban J connectivity index is 2.48. The van der Waals surface area contributed by atoms with E-state index in [9.17, 15) is 9.59 Å². The van der Waals surface area contributed by atoms with Crippen LogP contribution < -0.4 is 5.43 Å². The van der Waals surface area contributed by atoms with Crippen LogP contribution in [-0.2, 0) is 9.59 Å². The van der Waals surface area contributed by atoms with E-state index in [1.54, 1.807) is 6.92 Å². The third kappa shape index (κ3) is 3.20. The van der Waals surface area contributed by atoms with Crippen molar-refractivity contribution in [1.82, 2.24) is 15.3 Å². The highest BCUT2D eigenvalue weighted by Crippen LogP contribution is 2.14. The van der Waals surface area contributed by atoms with Crippen LogP contribution in [0.3, 0.4) is 0 Å². The Morgan fingerprint density at radius 1 is 1.67 bits per heavy atom. The average molecular weight is 213 g/mol. The molecule has 5 heteroatoms. The minimum Gasteiger partial charge on any atom is -0.339 e. The van der Waals surface area contributed by atoms with Crippen molar-refractivity contribution in [3.63, 3.8) is 0 Å². The molecule has 0 aromatic rings. The van der Waals surface area contributed by atoms with Gasteiger partial charge in [0.15, 0.2) is 0 Å². The van der Waals surface area contributed by atoms with Gasteiger partial charge >= 0.3 is 0 Å². The third-order valence-electron chi connectivity index (χ3n) is 2.71. The average Bonchev–Trinajstić information content (AvgIpc) is 2.62. The molecule has 1 saturated heterocycles. The van der Waals surface area contributed by atoms with E-state index in [0.717, 1.165) is 32.5 Å². The summed E-state index contributed by atoms with van der Waals surface area (Å²) in [5.41, 5.74) is 2.63. The maximum atomic E-state index is 11.4. The smallest absolute Gasteiger partial charge is 0.221 e. The van der Waals surface area contributed by atoms with Gasteiger partial charge in [0, 0.05) is 32.6 Å². The molecule has 0 spiro atoms. The molecule has 0 aromatic carbocycles. The van der Waals surface area contributed by atoms with Crippen molar-refractivity contribution in [2.24, 2.45) is 0 Å². The molecular formula is C10H19N3O2. The van der Waals surface area contributed by atoms with E-state index < -0.39 is 0 Å². The number of rotatable bonds is 5. The number of nitrogens with zero attached hydrogens (tertiary/aromatic N) is 2. The predicted octanol–water partition coefficient (Wildman–Crippen LogP) is -0.0198. The molecule has 0 aromatic heterocycles. The molecule has 1 heterocycles. The molecule has 5 nitrogen and oxygen atoms in total. The van der Waals surface area contributed by atoms with E-state index in [-0.39, 0.29) is 11.9 Å². The van der Waals surface area contributed by atoms with Crippen LogP contribution in [0.5, 0.6) is 0 Å². The summed E-state index contributed by atoms with van der Waals surface area (Å²) in [5.74, 6) is 0.120. The summed E-state index contributed by atoms with van der Waals surface area (Å²) >= 11 is 0. The van der Waals surface area contributed by atoms with Crippen LogP contribution in [0, 0.1) is 0 Å². The fourth-order valence-corrected chi connectivity index (χ4v) is 2.03. The van der Waals surface area contributed by atoms with Gasteiger partial charge in [0.1, 0.15) is 0 Å². The van der Waals surface area contributed by atoms with E-state index in [0.29, 0.717) is 6.41 Å². The lowest BCUT2D eigenvalue weighted by atomic mass is 10.2. The molecular weight excluding hydrogens is 194 g/mol.